The van der Waals surface area contributed by atoms with E-state index in [9.17, 15) is 9.59 Å². The number of rotatable bonds is 6. The molecule has 126 valence electrons. The van der Waals surface area contributed by atoms with Gasteiger partial charge in [0.25, 0.3) is 0 Å². The average molecular weight is 318 g/mol. The third-order valence-corrected chi connectivity index (χ3v) is 4.00. The molecule has 0 radical (unpaired) electrons. The van der Waals surface area contributed by atoms with Crippen molar-refractivity contribution in [3.8, 4) is 0 Å². The Kier molecular flexibility index (Phi) is 6.10. The highest BCUT2D eigenvalue weighted by molar-refractivity contribution is 5.84. The summed E-state index contributed by atoms with van der Waals surface area (Å²) in [7, 11) is 0. The number of piperazine rings is 1. The molecule has 2 amide bonds. The fraction of sp³-hybridized carbons (Fsp3) is 0.588. The molecule has 1 aromatic rings. The molecule has 6 heteroatoms. The molecule has 0 bridgehead atoms. The Bertz CT molecular complexity index is 533. The summed E-state index contributed by atoms with van der Waals surface area (Å²) >= 11 is 0. The molecular weight excluding hydrogens is 292 g/mol. The van der Waals surface area contributed by atoms with E-state index >= 15 is 0 Å². The molecule has 1 aliphatic heterocycles. The van der Waals surface area contributed by atoms with Crippen LogP contribution in [0.2, 0.25) is 0 Å². The van der Waals surface area contributed by atoms with E-state index in [2.05, 4.69) is 24.1 Å². The van der Waals surface area contributed by atoms with Gasteiger partial charge in [0.1, 0.15) is 0 Å². The predicted molar refractivity (Wildman–Crippen MR) is 88.5 cm³/mol. The van der Waals surface area contributed by atoms with E-state index < -0.39 is 0 Å². The SMILES string of the molecule is CC(C)CN1CCN(CC(=O)NCc2ccccn2)[C@@H](C)C1=O. The molecule has 0 saturated carbocycles. The highest BCUT2D eigenvalue weighted by atomic mass is 16.2. The first kappa shape index (κ1) is 17.4. The lowest BCUT2D eigenvalue weighted by atomic mass is 10.1. The van der Waals surface area contributed by atoms with Gasteiger partial charge in [-0.25, -0.2) is 0 Å². The van der Waals surface area contributed by atoms with Crippen LogP contribution >= 0.6 is 0 Å². The van der Waals surface area contributed by atoms with Crippen LogP contribution in [0.5, 0.6) is 0 Å². The summed E-state index contributed by atoms with van der Waals surface area (Å²) in [5, 5.41) is 2.86. The zero-order chi connectivity index (χ0) is 16.8. The number of carbonyl (C=O) groups excluding carboxylic acids is 2. The summed E-state index contributed by atoms with van der Waals surface area (Å²) < 4.78 is 0. The van der Waals surface area contributed by atoms with Gasteiger partial charge in [0.05, 0.1) is 24.8 Å². The molecule has 2 heterocycles. The molecule has 2 rings (SSSR count). The molecule has 1 N–H and O–H groups in total. The molecular formula is C17H26N4O2. The molecule has 0 aromatic carbocycles. The van der Waals surface area contributed by atoms with E-state index in [1.807, 2.05) is 34.9 Å². The maximum atomic E-state index is 12.4. The van der Waals surface area contributed by atoms with Crippen LogP contribution in [-0.2, 0) is 16.1 Å². The molecule has 0 aliphatic carbocycles. The summed E-state index contributed by atoms with van der Waals surface area (Å²) in [5.74, 6) is 0.495. The molecule has 1 aromatic heterocycles. The van der Waals surface area contributed by atoms with Crippen LogP contribution in [0.3, 0.4) is 0 Å². The van der Waals surface area contributed by atoms with E-state index in [4.69, 9.17) is 0 Å². The second-order valence-corrected chi connectivity index (χ2v) is 6.42. The van der Waals surface area contributed by atoms with Crippen molar-refractivity contribution in [2.75, 3.05) is 26.2 Å². The standard InChI is InChI=1S/C17H26N4O2/c1-13(2)11-21-9-8-20(14(3)17(21)23)12-16(22)19-10-15-6-4-5-7-18-15/h4-7,13-14H,8-12H2,1-3H3,(H,19,22)/t14-/m0/s1. The van der Waals surface area contributed by atoms with Crippen LogP contribution in [-0.4, -0.2) is 58.8 Å². The molecule has 0 unspecified atom stereocenters. The highest BCUT2D eigenvalue weighted by Gasteiger charge is 2.32. The Hall–Kier alpha value is -1.95. The largest absolute Gasteiger partial charge is 0.349 e. The molecule has 6 nitrogen and oxygen atoms in total. The minimum Gasteiger partial charge on any atom is -0.349 e. The van der Waals surface area contributed by atoms with Crippen molar-refractivity contribution in [2.45, 2.75) is 33.4 Å². The van der Waals surface area contributed by atoms with Crippen LogP contribution in [0.1, 0.15) is 26.5 Å². The molecule has 0 spiro atoms. The van der Waals surface area contributed by atoms with Gasteiger partial charge >= 0.3 is 0 Å². The number of aromatic nitrogens is 1. The maximum absolute atomic E-state index is 12.4. The number of nitrogens with one attached hydrogen (secondary N) is 1. The zero-order valence-electron chi connectivity index (χ0n) is 14.2. The molecule has 1 aliphatic rings. The summed E-state index contributed by atoms with van der Waals surface area (Å²) in [4.78, 5) is 32.5. The van der Waals surface area contributed by atoms with Crippen molar-refractivity contribution in [3.05, 3.63) is 30.1 Å². The van der Waals surface area contributed by atoms with Crippen molar-refractivity contribution in [1.82, 2.24) is 20.1 Å². The zero-order valence-corrected chi connectivity index (χ0v) is 14.2. The predicted octanol–water partition coefficient (Wildman–Crippen LogP) is 0.886. The van der Waals surface area contributed by atoms with Crippen molar-refractivity contribution < 1.29 is 9.59 Å². The van der Waals surface area contributed by atoms with E-state index in [1.54, 1.807) is 6.20 Å². The number of carbonyl (C=O) groups is 2. The van der Waals surface area contributed by atoms with E-state index in [0.717, 1.165) is 18.8 Å². The van der Waals surface area contributed by atoms with Gasteiger partial charge in [0.2, 0.25) is 11.8 Å². The van der Waals surface area contributed by atoms with Gasteiger partial charge in [0, 0.05) is 25.8 Å². The smallest absolute Gasteiger partial charge is 0.239 e. The van der Waals surface area contributed by atoms with E-state index in [1.165, 1.54) is 0 Å². The molecule has 1 atom stereocenters. The fourth-order valence-electron chi connectivity index (χ4n) is 2.74. The normalized spacial score (nSPS) is 19.2. The van der Waals surface area contributed by atoms with Crippen molar-refractivity contribution in [2.24, 2.45) is 5.92 Å². The first-order chi connectivity index (χ1) is 11.0. The molecule has 1 fully saturated rings. The lowest BCUT2D eigenvalue weighted by Crippen LogP contribution is -2.58. The Balaban J connectivity index is 1.81. The first-order valence-corrected chi connectivity index (χ1v) is 8.17. The summed E-state index contributed by atoms with van der Waals surface area (Å²) in [6, 6.07) is 5.36. The van der Waals surface area contributed by atoms with E-state index in [-0.39, 0.29) is 24.4 Å². The summed E-state index contributed by atoms with van der Waals surface area (Å²) in [5.41, 5.74) is 0.826. The lowest BCUT2D eigenvalue weighted by Gasteiger charge is -2.39. The number of hydrogen-bond donors (Lipinski definition) is 1. The Morgan fingerprint density at radius 1 is 1.39 bits per heavy atom. The van der Waals surface area contributed by atoms with Crippen LogP contribution < -0.4 is 5.32 Å². The summed E-state index contributed by atoms with van der Waals surface area (Å²) in [6.07, 6.45) is 1.70. The minimum atomic E-state index is -0.247. The fourth-order valence-corrected chi connectivity index (χ4v) is 2.74. The van der Waals surface area contributed by atoms with Crippen LogP contribution in [0.4, 0.5) is 0 Å². The quantitative estimate of drug-likeness (QED) is 0.846. The Morgan fingerprint density at radius 3 is 2.83 bits per heavy atom. The first-order valence-electron chi connectivity index (χ1n) is 8.17. The van der Waals surface area contributed by atoms with Crippen molar-refractivity contribution in [3.63, 3.8) is 0 Å². The number of hydrogen-bond acceptors (Lipinski definition) is 4. The Labute approximate surface area is 137 Å². The number of pyridine rings is 1. The van der Waals surface area contributed by atoms with Crippen molar-refractivity contribution >= 4 is 11.8 Å². The van der Waals surface area contributed by atoms with Crippen LogP contribution in [0, 0.1) is 5.92 Å². The number of nitrogens with zero attached hydrogens (tertiary/aromatic N) is 3. The maximum Gasteiger partial charge on any atom is 0.239 e. The van der Waals surface area contributed by atoms with E-state index in [0.29, 0.717) is 19.0 Å². The third kappa shape index (κ3) is 5.03. The van der Waals surface area contributed by atoms with Crippen LogP contribution in [0.25, 0.3) is 0 Å². The lowest BCUT2D eigenvalue weighted by molar-refractivity contribution is -0.142. The van der Waals surface area contributed by atoms with Gasteiger partial charge in [-0.15, -0.1) is 0 Å². The van der Waals surface area contributed by atoms with Gasteiger partial charge in [-0.2, -0.15) is 0 Å². The summed E-state index contributed by atoms with van der Waals surface area (Å²) in [6.45, 7) is 8.95. The average Bonchev–Trinajstić information content (AvgIpc) is 2.53. The monoisotopic (exact) mass is 318 g/mol. The molecule has 23 heavy (non-hydrogen) atoms. The van der Waals surface area contributed by atoms with Crippen LogP contribution in [0.15, 0.2) is 24.4 Å². The molecule has 1 saturated heterocycles. The topological polar surface area (TPSA) is 65.5 Å². The van der Waals surface area contributed by atoms with Gasteiger partial charge in [-0.05, 0) is 25.0 Å². The second kappa shape index (κ2) is 8.06. The highest BCUT2D eigenvalue weighted by Crippen LogP contribution is 2.12. The minimum absolute atomic E-state index is 0.0763. The van der Waals surface area contributed by atoms with Gasteiger partial charge in [-0.3, -0.25) is 19.5 Å². The van der Waals surface area contributed by atoms with Gasteiger partial charge < -0.3 is 10.2 Å². The number of amides is 2. The van der Waals surface area contributed by atoms with Crippen molar-refractivity contribution in [1.29, 1.82) is 0 Å². The second-order valence-electron chi connectivity index (χ2n) is 6.42. The van der Waals surface area contributed by atoms with Gasteiger partial charge in [0.15, 0.2) is 0 Å². The van der Waals surface area contributed by atoms with Gasteiger partial charge in [-0.1, -0.05) is 19.9 Å². The Morgan fingerprint density at radius 2 is 2.17 bits per heavy atom. The third-order valence-electron chi connectivity index (χ3n) is 4.00.